The van der Waals surface area contributed by atoms with Crippen LogP contribution in [-0.4, -0.2) is 20.0 Å². The maximum Gasteiger partial charge on any atom is 0.336 e. The second-order valence-corrected chi connectivity index (χ2v) is 3.90. The number of carbonyl (C=O) groups is 1. The molecule has 100 valence electrons. The second-order valence-electron chi connectivity index (χ2n) is 3.90. The van der Waals surface area contributed by atoms with E-state index in [2.05, 4.69) is 0 Å². The van der Waals surface area contributed by atoms with Gasteiger partial charge in [-0.05, 0) is 19.1 Å². The lowest BCUT2D eigenvalue weighted by molar-refractivity contribution is -0.118. The van der Waals surface area contributed by atoms with Crippen molar-refractivity contribution in [3.05, 3.63) is 40.2 Å². The zero-order chi connectivity index (χ0) is 13.8. The molecule has 5 nitrogen and oxygen atoms in total. The third kappa shape index (κ3) is 2.66. The molecule has 0 spiro atoms. The Bertz CT molecular complexity index is 644. The maximum absolute atomic E-state index is 11.2. The summed E-state index contributed by atoms with van der Waals surface area (Å²) in [5, 5.41) is 0.710. The van der Waals surface area contributed by atoms with E-state index in [1.165, 1.54) is 13.2 Å². The van der Waals surface area contributed by atoms with E-state index in [4.69, 9.17) is 13.9 Å². The van der Waals surface area contributed by atoms with Crippen molar-refractivity contribution in [3.8, 4) is 5.75 Å². The van der Waals surface area contributed by atoms with Crippen molar-refractivity contribution >= 4 is 17.3 Å². The van der Waals surface area contributed by atoms with E-state index in [1.54, 1.807) is 18.2 Å². The van der Waals surface area contributed by atoms with Crippen LogP contribution >= 0.6 is 0 Å². The molecule has 0 saturated carbocycles. The minimum Gasteiger partial charge on any atom is -0.496 e. The van der Waals surface area contributed by atoms with Gasteiger partial charge in [-0.3, -0.25) is 0 Å². The summed E-state index contributed by atoms with van der Waals surface area (Å²) in [6.45, 7) is 2.22. The van der Waals surface area contributed by atoms with Crippen LogP contribution in [0.3, 0.4) is 0 Å². The Labute approximate surface area is 109 Å². The van der Waals surface area contributed by atoms with Crippen molar-refractivity contribution in [2.75, 3.05) is 13.7 Å². The molecule has 0 fully saturated rings. The minimum absolute atomic E-state index is 0.411. The summed E-state index contributed by atoms with van der Waals surface area (Å²) in [6.07, 6.45) is 0.0167. The molecule has 0 saturated heterocycles. The molecule has 0 N–H and O–H groups in total. The molecule has 1 aromatic heterocycles. The number of benzene rings is 1. The topological polar surface area (TPSA) is 65.7 Å². The van der Waals surface area contributed by atoms with Crippen molar-refractivity contribution in [2.24, 2.45) is 0 Å². The van der Waals surface area contributed by atoms with Crippen LogP contribution in [0.1, 0.15) is 18.6 Å². The minimum atomic E-state index is -0.698. The molecule has 1 atom stereocenters. The zero-order valence-electron chi connectivity index (χ0n) is 10.7. The van der Waals surface area contributed by atoms with E-state index >= 15 is 0 Å². The van der Waals surface area contributed by atoms with Crippen molar-refractivity contribution in [1.82, 2.24) is 0 Å². The second kappa shape index (κ2) is 5.67. The van der Waals surface area contributed by atoms with Crippen LogP contribution in [0.4, 0.5) is 0 Å². The first kappa shape index (κ1) is 13.3. The molecule has 0 radical (unpaired) electrons. The number of hydrogen-bond acceptors (Lipinski definition) is 5. The SMILES string of the molecule is CCO[C@H](C=O)c1cc2ccc(=O)oc2cc1OC. The van der Waals surface area contributed by atoms with Crippen LogP contribution in [0.25, 0.3) is 11.0 Å². The summed E-state index contributed by atoms with van der Waals surface area (Å²) >= 11 is 0. The Morgan fingerprint density at radius 1 is 1.37 bits per heavy atom. The Morgan fingerprint density at radius 3 is 2.79 bits per heavy atom. The van der Waals surface area contributed by atoms with E-state index in [-0.39, 0.29) is 0 Å². The number of carbonyl (C=O) groups excluding carboxylic acids is 1. The summed E-state index contributed by atoms with van der Waals surface area (Å²) in [5.74, 6) is 0.451. The van der Waals surface area contributed by atoms with Gasteiger partial charge in [0.2, 0.25) is 0 Å². The normalized spacial score (nSPS) is 12.3. The number of rotatable bonds is 5. The van der Waals surface area contributed by atoms with E-state index in [9.17, 15) is 9.59 Å². The van der Waals surface area contributed by atoms with Gasteiger partial charge in [0.05, 0.1) is 7.11 Å². The molecule has 1 aromatic carbocycles. The van der Waals surface area contributed by atoms with Gasteiger partial charge in [0.25, 0.3) is 0 Å². The molecule has 0 aliphatic heterocycles. The third-order valence-electron chi connectivity index (χ3n) is 2.75. The molecule has 1 heterocycles. The van der Waals surface area contributed by atoms with Gasteiger partial charge in [-0.1, -0.05) is 0 Å². The van der Waals surface area contributed by atoms with Crippen LogP contribution in [0.2, 0.25) is 0 Å². The summed E-state index contributed by atoms with van der Waals surface area (Å²) < 4.78 is 15.6. The fraction of sp³-hybridized carbons (Fsp3) is 0.286. The van der Waals surface area contributed by atoms with E-state index in [0.717, 1.165) is 0 Å². The summed E-state index contributed by atoms with van der Waals surface area (Å²) in [7, 11) is 1.49. The van der Waals surface area contributed by atoms with Crippen molar-refractivity contribution in [3.63, 3.8) is 0 Å². The Kier molecular flexibility index (Phi) is 3.97. The standard InChI is InChI=1S/C14H14O5/c1-3-18-13(8-15)10-6-9-4-5-14(16)19-11(9)7-12(10)17-2/h4-8,13H,3H2,1-2H3/t13-/m1/s1. The van der Waals surface area contributed by atoms with Crippen LogP contribution in [-0.2, 0) is 9.53 Å². The number of methoxy groups -OCH3 is 1. The summed E-state index contributed by atoms with van der Waals surface area (Å²) in [5.41, 5.74) is 0.592. The zero-order valence-corrected chi connectivity index (χ0v) is 10.7. The predicted molar refractivity (Wildman–Crippen MR) is 69.5 cm³/mol. The van der Waals surface area contributed by atoms with E-state index in [0.29, 0.717) is 35.2 Å². The Balaban J connectivity index is 2.62. The van der Waals surface area contributed by atoms with Gasteiger partial charge in [0.15, 0.2) is 6.29 Å². The van der Waals surface area contributed by atoms with Crippen molar-refractivity contribution < 1.29 is 18.7 Å². The number of ether oxygens (including phenoxy) is 2. The summed E-state index contributed by atoms with van der Waals surface area (Å²) in [6, 6.07) is 6.28. The van der Waals surface area contributed by atoms with E-state index < -0.39 is 11.7 Å². The predicted octanol–water partition coefficient (Wildman–Crippen LogP) is 2.08. The van der Waals surface area contributed by atoms with Gasteiger partial charge in [-0.25, -0.2) is 4.79 Å². The molecular weight excluding hydrogens is 248 g/mol. The summed E-state index contributed by atoms with van der Waals surface area (Å²) in [4.78, 5) is 22.3. The Hall–Kier alpha value is -2.14. The Morgan fingerprint density at radius 2 is 2.16 bits per heavy atom. The molecular formula is C14H14O5. The monoisotopic (exact) mass is 262 g/mol. The lowest BCUT2D eigenvalue weighted by Crippen LogP contribution is -2.07. The lowest BCUT2D eigenvalue weighted by atomic mass is 10.1. The highest BCUT2D eigenvalue weighted by Crippen LogP contribution is 2.30. The fourth-order valence-corrected chi connectivity index (χ4v) is 1.90. The molecule has 0 aliphatic carbocycles. The fourth-order valence-electron chi connectivity index (χ4n) is 1.90. The number of fused-ring (bicyclic) bond motifs is 1. The highest BCUT2D eigenvalue weighted by Gasteiger charge is 2.17. The highest BCUT2D eigenvalue weighted by atomic mass is 16.5. The molecule has 0 amide bonds. The van der Waals surface area contributed by atoms with E-state index in [1.807, 2.05) is 6.92 Å². The molecule has 2 aromatic rings. The van der Waals surface area contributed by atoms with Crippen molar-refractivity contribution in [1.29, 1.82) is 0 Å². The highest BCUT2D eigenvalue weighted by molar-refractivity contribution is 5.81. The molecule has 0 aliphatic rings. The molecule has 2 rings (SSSR count). The lowest BCUT2D eigenvalue weighted by Gasteiger charge is -2.15. The first-order valence-corrected chi connectivity index (χ1v) is 5.88. The van der Waals surface area contributed by atoms with Crippen LogP contribution < -0.4 is 10.4 Å². The number of aldehydes is 1. The largest absolute Gasteiger partial charge is 0.496 e. The molecule has 5 heteroatoms. The maximum atomic E-state index is 11.2. The number of hydrogen-bond donors (Lipinski definition) is 0. The van der Waals surface area contributed by atoms with Gasteiger partial charge in [-0.2, -0.15) is 0 Å². The quantitative estimate of drug-likeness (QED) is 0.609. The van der Waals surface area contributed by atoms with Gasteiger partial charge < -0.3 is 18.7 Å². The molecule has 19 heavy (non-hydrogen) atoms. The average molecular weight is 262 g/mol. The molecule has 0 unspecified atom stereocenters. The smallest absolute Gasteiger partial charge is 0.336 e. The van der Waals surface area contributed by atoms with Gasteiger partial charge in [0.1, 0.15) is 17.4 Å². The first-order valence-electron chi connectivity index (χ1n) is 5.88. The van der Waals surface area contributed by atoms with Gasteiger partial charge >= 0.3 is 5.63 Å². The third-order valence-corrected chi connectivity index (χ3v) is 2.75. The van der Waals surface area contributed by atoms with Crippen LogP contribution in [0.15, 0.2) is 33.5 Å². The van der Waals surface area contributed by atoms with Gasteiger partial charge in [0, 0.05) is 29.7 Å². The van der Waals surface area contributed by atoms with Crippen LogP contribution in [0.5, 0.6) is 5.75 Å². The van der Waals surface area contributed by atoms with Crippen LogP contribution in [0, 0.1) is 0 Å². The first-order chi connectivity index (χ1) is 9.19. The molecule has 0 bridgehead atoms. The average Bonchev–Trinajstić information content (AvgIpc) is 2.43. The van der Waals surface area contributed by atoms with Gasteiger partial charge in [-0.15, -0.1) is 0 Å². The van der Waals surface area contributed by atoms with Crippen molar-refractivity contribution in [2.45, 2.75) is 13.0 Å².